The first-order valence-corrected chi connectivity index (χ1v) is 14.5. The van der Waals surface area contributed by atoms with Crippen LogP contribution in [0.5, 0.6) is 5.75 Å². The van der Waals surface area contributed by atoms with Crippen LogP contribution in [0.3, 0.4) is 0 Å². The number of aryl methyl sites for hydroxylation is 1. The van der Waals surface area contributed by atoms with Crippen molar-refractivity contribution in [2.75, 3.05) is 18.1 Å². The van der Waals surface area contributed by atoms with Crippen LogP contribution >= 0.6 is 0 Å². The summed E-state index contributed by atoms with van der Waals surface area (Å²) in [5, 5.41) is 15.7. The summed E-state index contributed by atoms with van der Waals surface area (Å²) in [6.07, 6.45) is -6.58. The fourth-order valence-electron chi connectivity index (χ4n) is 4.47. The standard InChI is InChI=1S/C28H26F2N6O.2C2HF3O2/c1-3-15-10-20(25(29)23(11-15)37-4-2)24(21-13-16-12-17(31)7-8-18(16)27(32)35-21)28-34-14-22(36-28)19-6-5-9-33-26(19)30;2*3-2(4,5)1(6)7/h5-14,24H,3-4,31H2,1-2H3,(H2,32,35)(H,34,36);2*(H,6,7). The lowest BCUT2D eigenvalue weighted by molar-refractivity contribution is -0.193. The number of benzene rings is 2. The highest BCUT2D eigenvalue weighted by Crippen LogP contribution is 2.38. The average molecular weight is 729 g/mol. The highest BCUT2D eigenvalue weighted by atomic mass is 19.4. The number of carboxylic acids is 2. The van der Waals surface area contributed by atoms with Crippen LogP contribution in [0.1, 0.15) is 42.4 Å². The number of aromatic amines is 1. The number of anilines is 2. The van der Waals surface area contributed by atoms with E-state index in [-0.39, 0.29) is 17.1 Å². The fourth-order valence-corrected chi connectivity index (χ4v) is 4.47. The first kappa shape index (κ1) is 39.4. The molecule has 0 saturated carbocycles. The molecule has 1 atom stereocenters. The Morgan fingerprint density at radius 2 is 1.55 bits per heavy atom. The Morgan fingerprint density at radius 3 is 2.10 bits per heavy atom. The number of halogens is 8. The Hall–Kier alpha value is -6.01. The summed E-state index contributed by atoms with van der Waals surface area (Å²) >= 11 is 0. The molecule has 51 heavy (non-hydrogen) atoms. The van der Waals surface area contributed by atoms with Gasteiger partial charge < -0.3 is 31.4 Å². The minimum atomic E-state index is -5.08. The van der Waals surface area contributed by atoms with Gasteiger partial charge in [0.15, 0.2) is 11.6 Å². The lowest BCUT2D eigenvalue weighted by Crippen LogP contribution is -2.21. The molecule has 0 saturated heterocycles. The number of nitrogens with zero attached hydrogens (tertiary/aromatic N) is 3. The normalized spacial score (nSPS) is 11.9. The summed E-state index contributed by atoms with van der Waals surface area (Å²) in [4.78, 5) is 33.9. The van der Waals surface area contributed by atoms with Gasteiger partial charge in [-0.1, -0.05) is 13.0 Å². The molecule has 5 rings (SSSR count). The maximum Gasteiger partial charge on any atom is 0.490 e. The van der Waals surface area contributed by atoms with E-state index >= 15 is 4.39 Å². The number of aromatic nitrogens is 4. The topological polar surface area (TPSA) is 190 Å². The van der Waals surface area contributed by atoms with E-state index in [9.17, 15) is 30.7 Å². The van der Waals surface area contributed by atoms with Gasteiger partial charge in [-0.15, -0.1) is 0 Å². The third-order valence-corrected chi connectivity index (χ3v) is 6.74. The molecular weight excluding hydrogens is 700 g/mol. The van der Waals surface area contributed by atoms with E-state index in [0.717, 1.165) is 16.3 Å². The van der Waals surface area contributed by atoms with E-state index < -0.39 is 42.0 Å². The number of ether oxygens (including phenoxy) is 1. The summed E-state index contributed by atoms with van der Waals surface area (Å²) in [5.41, 5.74) is 15.1. The molecule has 2 aromatic carbocycles. The second kappa shape index (κ2) is 16.1. The van der Waals surface area contributed by atoms with E-state index in [1.54, 1.807) is 55.6 Å². The van der Waals surface area contributed by atoms with E-state index in [4.69, 9.17) is 36.0 Å². The number of rotatable bonds is 7. The molecule has 5 aromatic rings. The van der Waals surface area contributed by atoms with Crippen molar-refractivity contribution < 1.29 is 59.7 Å². The number of pyridine rings is 2. The first-order valence-electron chi connectivity index (χ1n) is 14.5. The van der Waals surface area contributed by atoms with Crippen molar-refractivity contribution >= 4 is 34.2 Å². The molecule has 11 nitrogen and oxygen atoms in total. The van der Waals surface area contributed by atoms with Crippen LogP contribution in [0.4, 0.5) is 46.6 Å². The molecule has 0 amide bonds. The van der Waals surface area contributed by atoms with Crippen molar-refractivity contribution in [2.24, 2.45) is 0 Å². The largest absolute Gasteiger partial charge is 0.491 e. The first-order chi connectivity index (χ1) is 23.8. The van der Waals surface area contributed by atoms with Gasteiger partial charge in [0.1, 0.15) is 11.6 Å². The number of alkyl halides is 6. The lowest BCUT2D eigenvalue weighted by Gasteiger charge is -2.20. The quantitative estimate of drug-likeness (QED) is 0.0672. The molecule has 19 heteroatoms. The molecule has 7 N–H and O–H groups in total. The second-order valence-electron chi connectivity index (χ2n) is 10.2. The van der Waals surface area contributed by atoms with Crippen LogP contribution in [-0.2, 0) is 16.0 Å². The van der Waals surface area contributed by atoms with Crippen LogP contribution in [0.15, 0.2) is 60.9 Å². The Balaban J connectivity index is 0.000000424. The molecule has 0 radical (unpaired) electrons. The van der Waals surface area contributed by atoms with Crippen molar-refractivity contribution in [1.82, 2.24) is 19.9 Å². The molecule has 0 fully saturated rings. The number of hydrogen-bond acceptors (Lipinski definition) is 8. The zero-order chi connectivity index (χ0) is 38.3. The van der Waals surface area contributed by atoms with Crippen molar-refractivity contribution in [2.45, 2.75) is 38.5 Å². The Labute approximate surface area is 282 Å². The predicted molar refractivity (Wildman–Crippen MR) is 168 cm³/mol. The molecule has 1 unspecified atom stereocenters. The second-order valence-corrected chi connectivity index (χ2v) is 10.2. The number of nitrogens with two attached hydrogens (primary N) is 2. The smallest absolute Gasteiger partial charge is 0.490 e. The summed E-state index contributed by atoms with van der Waals surface area (Å²) in [5.74, 6) is -6.71. The van der Waals surface area contributed by atoms with Crippen molar-refractivity contribution in [1.29, 1.82) is 0 Å². The number of nitrogen functional groups attached to an aromatic ring is 2. The maximum absolute atomic E-state index is 16.0. The van der Waals surface area contributed by atoms with Gasteiger partial charge in [0.25, 0.3) is 0 Å². The average Bonchev–Trinajstić information content (AvgIpc) is 3.52. The van der Waals surface area contributed by atoms with Crippen molar-refractivity contribution in [3.8, 4) is 17.0 Å². The molecule has 3 heterocycles. The third-order valence-electron chi connectivity index (χ3n) is 6.74. The number of imidazole rings is 1. The zero-order valence-corrected chi connectivity index (χ0v) is 26.4. The van der Waals surface area contributed by atoms with Crippen molar-refractivity contribution in [3.05, 3.63) is 95.3 Å². The van der Waals surface area contributed by atoms with E-state index in [1.165, 1.54) is 6.20 Å². The molecule has 0 aliphatic heterocycles. The van der Waals surface area contributed by atoms with Crippen LogP contribution in [0.2, 0.25) is 0 Å². The number of aliphatic carboxylic acids is 2. The molecule has 272 valence electrons. The highest BCUT2D eigenvalue weighted by molar-refractivity contribution is 5.93. The SMILES string of the molecule is CCOc1cc(CC)cc(C(c2cc3cc(N)ccc3c(N)n2)c2nc(-c3cccnc3F)c[nH]2)c1F.O=C(O)C(F)(F)F.O=C(O)C(F)(F)F. The van der Waals surface area contributed by atoms with Gasteiger partial charge in [0.05, 0.1) is 29.5 Å². The highest BCUT2D eigenvalue weighted by Gasteiger charge is 2.39. The molecule has 0 bridgehead atoms. The van der Waals surface area contributed by atoms with Crippen LogP contribution in [-0.4, -0.2) is 61.0 Å². The summed E-state index contributed by atoms with van der Waals surface area (Å²) in [6, 6.07) is 13.8. The van der Waals surface area contributed by atoms with Crippen molar-refractivity contribution in [3.63, 3.8) is 0 Å². The van der Waals surface area contributed by atoms with Crippen LogP contribution in [0.25, 0.3) is 22.0 Å². The molecule has 0 spiro atoms. The minimum Gasteiger partial charge on any atom is -0.491 e. The Morgan fingerprint density at radius 1 is 0.922 bits per heavy atom. The number of H-pyrrole nitrogens is 1. The minimum absolute atomic E-state index is 0.143. The van der Waals surface area contributed by atoms with Gasteiger partial charge >= 0.3 is 24.3 Å². The van der Waals surface area contributed by atoms with Gasteiger partial charge in [-0.2, -0.15) is 30.7 Å². The van der Waals surface area contributed by atoms with Gasteiger partial charge in [-0.25, -0.2) is 28.9 Å². The van der Waals surface area contributed by atoms with E-state index in [2.05, 4.69) is 19.9 Å². The monoisotopic (exact) mass is 728 g/mol. The van der Waals surface area contributed by atoms with Gasteiger partial charge in [0.2, 0.25) is 5.95 Å². The lowest BCUT2D eigenvalue weighted by atomic mass is 9.90. The van der Waals surface area contributed by atoms with E-state index in [0.29, 0.717) is 41.5 Å². The summed E-state index contributed by atoms with van der Waals surface area (Å²) < 4.78 is 99.5. The maximum atomic E-state index is 16.0. The number of carbonyl (C=O) groups is 2. The number of hydrogen-bond donors (Lipinski definition) is 5. The predicted octanol–water partition coefficient (Wildman–Crippen LogP) is 6.87. The van der Waals surface area contributed by atoms with E-state index in [1.807, 2.05) is 13.0 Å². The summed E-state index contributed by atoms with van der Waals surface area (Å²) in [6.45, 7) is 4.08. The Kier molecular flexibility index (Phi) is 12.5. The molecule has 0 aliphatic rings. The van der Waals surface area contributed by atoms with Gasteiger partial charge in [0, 0.05) is 29.0 Å². The summed E-state index contributed by atoms with van der Waals surface area (Å²) in [7, 11) is 0. The zero-order valence-electron chi connectivity index (χ0n) is 26.4. The molecule has 3 aromatic heterocycles. The number of fused-ring (bicyclic) bond motifs is 1. The Bertz CT molecular complexity index is 1990. The third kappa shape index (κ3) is 10.0. The molecule has 0 aliphatic carbocycles. The van der Waals surface area contributed by atoms with Gasteiger partial charge in [-0.05, 0) is 66.8 Å². The number of carboxylic acid groups (broad SMARTS) is 2. The fraction of sp³-hybridized carbons (Fsp3) is 0.219. The van der Waals surface area contributed by atoms with Crippen LogP contribution < -0.4 is 16.2 Å². The molecular formula is C32H28F8N6O5. The van der Waals surface area contributed by atoms with Crippen LogP contribution in [0, 0.1) is 11.8 Å². The number of nitrogens with one attached hydrogen (secondary N) is 1. The van der Waals surface area contributed by atoms with Gasteiger partial charge in [-0.3, -0.25) is 0 Å².